The number of aliphatic imine (C=N–C) groups is 1. The Morgan fingerprint density at radius 2 is 2.10 bits per heavy atom. The summed E-state index contributed by atoms with van der Waals surface area (Å²) in [7, 11) is 0. The van der Waals surface area contributed by atoms with E-state index < -0.39 is 0 Å². The number of amides is 1. The van der Waals surface area contributed by atoms with Crippen LogP contribution in [0.3, 0.4) is 0 Å². The van der Waals surface area contributed by atoms with Crippen LogP contribution < -0.4 is 15.4 Å². The van der Waals surface area contributed by atoms with Crippen LogP contribution in [0.15, 0.2) is 52.6 Å². The molecule has 2 N–H and O–H groups in total. The molecule has 31 heavy (non-hydrogen) atoms. The molecule has 1 atom stereocenters. The predicted octanol–water partition coefficient (Wildman–Crippen LogP) is 5.54. The minimum atomic E-state index is -0.233. The van der Waals surface area contributed by atoms with Gasteiger partial charge in [0.15, 0.2) is 0 Å². The predicted molar refractivity (Wildman–Crippen MR) is 128 cm³/mol. The zero-order chi connectivity index (χ0) is 21.8. The van der Waals surface area contributed by atoms with Gasteiger partial charge in [-0.2, -0.15) is 0 Å². The standard InChI is InChI=1S/C24H26N4O2S/c1-4-10-30-21-12-16(6-8-18(21)15(3)5-2)11-20-23(29)28-24(27-20)26-17-7-9-19-22(13-17)31-14-25-19/h6-9,11-15H,4-5,10H2,1-3H3,(H2,26,27,28,29)/b20-11-. The molecule has 0 spiro atoms. The Kier molecular flexibility index (Phi) is 6.32. The van der Waals surface area contributed by atoms with Crippen molar-refractivity contribution in [1.82, 2.24) is 10.3 Å². The van der Waals surface area contributed by atoms with Gasteiger partial charge >= 0.3 is 0 Å². The summed E-state index contributed by atoms with van der Waals surface area (Å²) in [5.41, 5.74) is 6.06. The second-order valence-electron chi connectivity index (χ2n) is 7.56. The third-order valence-electron chi connectivity index (χ3n) is 5.24. The summed E-state index contributed by atoms with van der Waals surface area (Å²) in [5, 5.41) is 5.96. The molecule has 3 aromatic rings. The summed E-state index contributed by atoms with van der Waals surface area (Å²) in [6, 6.07) is 12.0. The van der Waals surface area contributed by atoms with Gasteiger partial charge in [0.1, 0.15) is 11.4 Å². The number of rotatable bonds is 7. The quantitative estimate of drug-likeness (QED) is 0.479. The zero-order valence-electron chi connectivity index (χ0n) is 17.9. The molecule has 0 bridgehead atoms. The molecule has 4 rings (SSSR count). The molecular weight excluding hydrogens is 408 g/mol. The van der Waals surface area contributed by atoms with Gasteiger partial charge in [0.05, 0.1) is 22.3 Å². The van der Waals surface area contributed by atoms with Crippen molar-refractivity contribution >= 4 is 45.2 Å². The first-order chi connectivity index (χ1) is 15.1. The number of hydrogen-bond donors (Lipinski definition) is 2. The number of fused-ring (bicyclic) bond motifs is 1. The Morgan fingerprint density at radius 3 is 2.90 bits per heavy atom. The highest BCUT2D eigenvalue weighted by Crippen LogP contribution is 2.31. The monoisotopic (exact) mass is 434 g/mol. The lowest BCUT2D eigenvalue weighted by atomic mass is 9.96. The second-order valence-corrected chi connectivity index (χ2v) is 8.45. The van der Waals surface area contributed by atoms with Gasteiger partial charge in [-0.05, 0) is 60.2 Å². The highest BCUT2D eigenvalue weighted by Gasteiger charge is 2.20. The van der Waals surface area contributed by atoms with E-state index >= 15 is 0 Å². The number of carbonyl (C=O) groups is 1. The van der Waals surface area contributed by atoms with E-state index in [2.05, 4.69) is 47.4 Å². The van der Waals surface area contributed by atoms with E-state index in [-0.39, 0.29) is 5.91 Å². The normalized spacial score (nSPS) is 15.8. The lowest BCUT2D eigenvalue weighted by Crippen LogP contribution is -2.29. The van der Waals surface area contributed by atoms with Crippen molar-refractivity contribution < 1.29 is 9.53 Å². The summed E-state index contributed by atoms with van der Waals surface area (Å²) in [6.07, 6.45) is 3.77. The second kappa shape index (κ2) is 9.31. The number of hydrogen-bond acceptors (Lipinski definition) is 6. The van der Waals surface area contributed by atoms with Crippen LogP contribution in [0.2, 0.25) is 0 Å². The Balaban J connectivity index is 1.57. The lowest BCUT2D eigenvalue weighted by Gasteiger charge is -2.16. The van der Waals surface area contributed by atoms with E-state index in [1.165, 1.54) is 5.56 Å². The third kappa shape index (κ3) is 4.77. The lowest BCUT2D eigenvalue weighted by molar-refractivity contribution is -0.115. The Labute approximate surface area is 186 Å². The fraction of sp³-hybridized carbons (Fsp3) is 0.292. The van der Waals surface area contributed by atoms with E-state index in [0.717, 1.165) is 40.1 Å². The zero-order valence-corrected chi connectivity index (χ0v) is 18.8. The van der Waals surface area contributed by atoms with Gasteiger partial charge in [-0.1, -0.05) is 32.9 Å². The number of nitrogens with zero attached hydrogens (tertiary/aromatic N) is 2. The largest absolute Gasteiger partial charge is 0.493 e. The summed E-state index contributed by atoms with van der Waals surface area (Å²) >= 11 is 1.57. The van der Waals surface area contributed by atoms with Crippen LogP contribution in [0.4, 0.5) is 5.69 Å². The Bertz CT molecular complexity index is 1170. The summed E-state index contributed by atoms with van der Waals surface area (Å²) in [4.78, 5) is 21.2. The highest BCUT2D eigenvalue weighted by molar-refractivity contribution is 7.16. The average molecular weight is 435 g/mol. The van der Waals surface area contributed by atoms with Crippen LogP contribution in [0, 0.1) is 0 Å². The molecule has 1 aromatic heterocycles. The molecule has 1 unspecified atom stereocenters. The first-order valence-corrected chi connectivity index (χ1v) is 11.4. The summed E-state index contributed by atoms with van der Waals surface area (Å²) in [5.74, 6) is 1.47. The minimum absolute atomic E-state index is 0.233. The van der Waals surface area contributed by atoms with Gasteiger partial charge < -0.3 is 10.1 Å². The van der Waals surface area contributed by atoms with Gasteiger partial charge in [0.2, 0.25) is 5.96 Å². The van der Waals surface area contributed by atoms with Crippen LogP contribution in [0.5, 0.6) is 5.75 Å². The summed E-state index contributed by atoms with van der Waals surface area (Å²) < 4.78 is 7.06. The van der Waals surface area contributed by atoms with Gasteiger partial charge in [-0.3, -0.25) is 10.1 Å². The number of guanidine groups is 1. The van der Waals surface area contributed by atoms with E-state index in [4.69, 9.17) is 4.74 Å². The molecular formula is C24H26N4O2S. The fourth-order valence-electron chi connectivity index (χ4n) is 3.36. The van der Waals surface area contributed by atoms with Crippen molar-refractivity contribution in [2.75, 3.05) is 11.9 Å². The molecule has 2 heterocycles. The molecule has 1 amide bonds. The van der Waals surface area contributed by atoms with Crippen LogP contribution in [-0.4, -0.2) is 23.5 Å². The number of nitrogens with one attached hydrogen (secondary N) is 2. The van der Waals surface area contributed by atoms with Gasteiger partial charge in [0.25, 0.3) is 5.91 Å². The van der Waals surface area contributed by atoms with E-state index in [1.807, 2.05) is 35.8 Å². The third-order valence-corrected chi connectivity index (χ3v) is 6.03. The van der Waals surface area contributed by atoms with Crippen LogP contribution >= 0.6 is 11.3 Å². The van der Waals surface area contributed by atoms with Crippen LogP contribution in [-0.2, 0) is 4.79 Å². The fourth-order valence-corrected chi connectivity index (χ4v) is 4.08. The Morgan fingerprint density at radius 1 is 1.23 bits per heavy atom. The molecule has 2 aromatic carbocycles. The number of benzene rings is 2. The molecule has 7 heteroatoms. The number of aromatic nitrogens is 1. The van der Waals surface area contributed by atoms with Crippen molar-refractivity contribution in [2.45, 2.75) is 39.5 Å². The van der Waals surface area contributed by atoms with Gasteiger partial charge in [-0.15, -0.1) is 11.3 Å². The van der Waals surface area contributed by atoms with Crippen molar-refractivity contribution in [2.24, 2.45) is 4.99 Å². The topological polar surface area (TPSA) is 75.6 Å². The number of anilines is 1. The van der Waals surface area contributed by atoms with E-state index in [0.29, 0.717) is 24.2 Å². The first kappa shape index (κ1) is 21.1. The molecule has 0 fully saturated rings. The van der Waals surface area contributed by atoms with Crippen LogP contribution in [0.25, 0.3) is 16.3 Å². The molecule has 0 saturated heterocycles. The molecule has 1 aliphatic heterocycles. The maximum Gasteiger partial charge on any atom is 0.276 e. The van der Waals surface area contributed by atoms with Crippen LogP contribution in [0.1, 0.15) is 50.7 Å². The molecule has 6 nitrogen and oxygen atoms in total. The minimum Gasteiger partial charge on any atom is -0.493 e. The van der Waals surface area contributed by atoms with E-state index in [1.54, 1.807) is 17.4 Å². The van der Waals surface area contributed by atoms with E-state index in [9.17, 15) is 4.79 Å². The average Bonchev–Trinajstić information content (AvgIpc) is 3.37. The molecule has 0 radical (unpaired) electrons. The van der Waals surface area contributed by atoms with Gasteiger partial charge in [-0.25, -0.2) is 9.98 Å². The highest BCUT2D eigenvalue weighted by atomic mass is 32.1. The molecule has 1 aliphatic rings. The molecule has 160 valence electrons. The number of ether oxygens (including phenoxy) is 1. The van der Waals surface area contributed by atoms with Crippen molar-refractivity contribution in [3.63, 3.8) is 0 Å². The summed E-state index contributed by atoms with van der Waals surface area (Å²) in [6.45, 7) is 7.12. The number of thiazole rings is 1. The molecule has 0 saturated carbocycles. The smallest absolute Gasteiger partial charge is 0.276 e. The van der Waals surface area contributed by atoms with Gasteiger partial charge in [0, 0.05) is 5.69 Å². The Hall–Kier alpha value is -3.19. The number of carbonyl (C=O) groups excluding carboxylic acids is 1. The maximum atomic E-state index is 12.5. The van der Waals surface area contributed by atoms with Crippen molar-refractivity contribution in [1.29, 1.82) is 0 Å². The SMILES string of the molecule is CCCOc1cc(/C=C2\N=C(Nc3ccc4ncsc4c3)NC2=O)ccc1C(C)CC. The first-order valence-electron chi connectivity index (χ1n) is 10.6. The maximum absolute atomic E-state index is 12.5. The van der Waals surface area contributed by atoms with Crippen molar-refractivity contribution in [3.8, 4) is 5.75 Å². The van der Waals surface area contributed by atoms with Crippen molar-refractivity contribution in [3.05, 3.63) is 58.7 Å². The molecule has 0 aliphatic carbocycles.